The van der Waals surface area contributed by atoms with Crippen molar-refractivity contribution >= 4 is 11.7 Å². The second kappa shape index (κ2) is 10.4. The summed E-state index contributed by atoms with van der Waals surface area (Å²) in [4.78, 5) is 24.0. The predicted octanol–water partition coefficient (Wildman–Crippen LogP) is 2.94. The average molecular weight is 550 g/mol. The molecule has 0 bridgehead atoms. The lowest BCUT2D eigenvalue weighted by Gasteiger charge is -2.42. The van der Waals surface area contributed by atoms with E-state index in [1.54, 1.807) is 31.1 Å². The Kier molecular flexibility index (Phi) is 7.28. The van der Waals surface area contributed by atoms with Crippen LogP contribution in [0.25, 0.3) is 0 Å². The maximum atomic E-state index is 16.6. The lowest BCUT2D eigenvalue weighted by Crippen LogP contribution is -2.51. The number of imidazole rings is 1. The first-order valence-corrected chi connectivity index (χ1v) is 13.5. The molecule has 1 unspecified atom stereocenters. The Labute approximate surface area is 233 Å². The van der Waals surface area contributed by atoms with Gasteiger partial charge in [0.05, 0.1) is 42.4 Å². The summed E-state index contributed by atoms with van der Waals surface area (Å²) >= 11 is 0. The van der Waals surface area contributed by atoms with Crippen LogP contribution in [0.15, 0.2) is 53.9 Å². The predicted molar refractivity (Wildman–Crippen MR) is 148 cm³/mol. The van der Waals surface area contributed by atoms with E-state index in [9.17, 15) is 15.0 Å². The summed E-state index contributed by atoms with van der Waals surface area (Å²) in [5.41, 5.74) is 5.17. The Balaban J connectivity index is 1.72. The molecule has 0 radical (unpaired) electrons. The van der Waals surface area contributed by atoms with Crippen molar-refractivity contribution in [1.29, 1.82) is 0 Å². The molecule has 3 aromatic rings. The molecule has 1 saturated carbocycles. The number of halogens is 1. The quantitative estimate of drug-likeness (QED) is 0.278. The Bertz CT molecular complexity index is 1450. The number of benzene rings is 2. The number of fused-ring (bicyclic) bond motifs is 1. The van der Waals surface area contributed by atoms with Crippen molar-refractivity contribution < 1.29 is 24.1 Å². The van der Waals surface area contributed by atoms with Crippen LogP contribution in [-0.2, 0) is 23.1 Å². The average Bonchev–Trinajstić information content (AvgIpc) is 3.46. The van der Waals surface area contributed by atoms with Gasteiger partial charge in [0.1, 0.15) is 17.3 Å². The molecule has 2 aromatic carbocycles. The van der Waals surface area contributed by atoms with Gasteiger partial charge in [0.2, 0.25) is 0 Å². The number of aliphatic imine (C=N–C) groups is 1. The molecule has 1 aliphatic carbocycles. The third-order valence-corrected chi connectivity index (χ3v) is 8.19. The van der Waals surface area contributed by atoms with Crippen LogP contribution in [0.5, 0.6) is 0 Å². The van der Waals surface area contributed by atoms with Crippen molar-refractivity contribution in [2.24, 2.45) is 23.7 Å². The second-order valence-corrected chi connectivity index (χ2v) is 10.9. The Hall–Kier alpha value is -3.60. The summed E-state index contributed by atoms with van der Waals surface area (Å²) in [7, 11) is 3.31. The minimum Gasteiger partial charge on any atom is -0.393 e. The number of aliphatic hydroxyl groups is 2. The first-order chi connectivity index (χ1) is 19.0. The molecule has 2 atom stereocenters. The fourth-order valence-electron chi connectivity index (χ4n) is 5.75. The molecule has 1 amide bonds. The number of amides is 1. The van der Waals surface area contributed by atoms with Crippen molar-refractivity contribution in [1.82, 2.24) is 14.5 Å². The van der Waals surface area contributed by atoms with Crippen molar-refractivity contribution in [3.63, 3.8) is 0 Å². The van der Waals surface area contributed by atoms with Crippen LogP contribution in [0.3, 0.4) is 0 Å². The second-order valence-electron chi connectivity index (χ2n) is 10.9. The van der Waals surface area contributed by atoms with Gasteiger partial charge >= 0.3 is 0 Å². The van der Waals surface area contributed by atoms with E-state index in [1.807, 2.05) is 31.2 Å². The maximum absolute atomic E-state index is 16.6. The minimum atomic E-state index is -1.63. The summed E-state index contributed by atoms with van der Waals surface area (Å²) in [5.74, 6) is -0.935. The molecule has 2 aliphatic rings. The van der Waals surface area contributed by atoms with Gasteiger partial charge < -0.3 is 25.3 Å². The Morgan fingerprint density at radius 1 is 1.30 bits per heavy atom. The number of carbonyl (C=O) groups is 1. The van der Waals surface area contributed by atoms with Gasteiger partial charge in [-0.05, 0) is 49.8 Å². The molecule has 2 heterocycles. The van der Waals surface area contributed by atoms with Gasteiger partial charge in [-0.2, -0.15) is 0 Å². The highest BCUT2D eigenvalue weighted by Crippen LogP contribution is 2.49. The van der Waals surface area contributed by atoms with Crippen molar-refractivity contribution in [3.05, 3.63) is 88.3 Å². The lowest BCUT2D eigenvalue weighted by molar-refractivity contribution is -0.132. The van der Waals surface area contributed by atoms with E-state index >= 15 is 4.39 Å². The van der Waals surface area contributed by atoms with Crippen molar-refractivity contribution in [2.45, 2.75) is 50.5 Å². The normalized spacial score (nSPS) is 24.1. The van der Waals surface area contributed by atoms with Gasteiger partial charge in [-0.25, -0.2) is 9.37 Å². The van der Waals surface area contributed by atoms with Crippen LogP contribution < -0.4 is 5.73 Å². The monoisotopic (exact) mass is 549 g/mol. The van der Waals surface area contributed by atoms with E-state index in [1.165, 1.54) is 24.1 Å². The van der Waals surface area contributed by atoms with Crippen LogP contribution in [0, 0.1) is 18.7 Å². The van der Waals surface area contributed by atoms with Crippen LogP contribution in [-0.4, -0.2) is 62.7 Å². The molecule has 1 aromatic heterocycles. The highest BCUT2D eigenvalue weighted by molar-refractivity contribution is 6.03. The van der Waals surface area contributed by atoms with Gasteiger partial charge in [0, 0.05) is 25.9 Å². The number of aliphatic hydroxyl groups excluding tert-OH is 1. The number of aromatic nitrogens is 2. The number of ether oxygens (including phenoxy) is 1. The summed E-state index contributed by atoms with van der Waals surface area (Å²) in [6, 6.07) is 10.2. The largest absolute Gasteiger partial charge is 0.393 e. The summed E-state index contributed by atoms with van der Waals surface area (Å²) < 4.78 is 24.9. The van der Waals surface area contributed by atoms with Gasteiger partial charge in [0.25, 0.3) is 5.91 Å². The van der Waals surface area contributed by atoms with E-state index in [4.69, 9.17) is 10.5 Å². The van der Waals surface area contributed by atoms with Crippen molar-refractivity contribution in [2.75, 3.05) is 20.2 Å². The van der Waals surface area contributed by atoms with Gasteiger partial charge in [0.15, 0.2) is 5.72 Å². The highest BCUT2D eigenvalue weighted by Gasteiger charge is 2.55. The molecular weight excluding hydrogens is 513 g/mol. The van der Waals surface area contributed by atoms with Gasteiger partial charge in [-0.3, -0.25) is 14.7 Å². The smallest absolute Gasteiger partial charge is 0.257 e. The first kappa shape index (κ1) is 27.9. The summed E-state index contributed by atoms with van der Waals surface area (Å²) in [6.07, 6.45) is 4.19. The van der Waals surface area contributed by atoms with Gasteiger partial charge in [-0.15, -0.1) is 0 Å². The molecule has 0 saturated heterocycles. The molecule has 40 heavy (non-hydrogen) atoms. The number of amidine groups is 1. The van der Waals surface area contributed by atoms with E-state index in [0.717, 1.165) is 5.56 Å². The molecule has 5 rings (SSSR count). The molecule has 1 fully saturated rings. The molecule has 212 valence electrons. The SMILES string of the molecule is CCC(O)(c1cc(F)c2c(c1)C(=O)N(CC(N)=NC)[C@@]2(OCC1CC(O)C1)c1ccc(C)cc1)c1cn(C)cn1. The minimum absolute atomic E-state index is 0.0622. The zero-order valence-corrected chi connectivity index (χ0v) is 23.3. The molecule has 1 aliphatic heterocycles. The lowest BCUT2D eigenvalue weighted by atomic mass is 9.82. The molecule has 10 heteroatoms. The van der Waals surface area contributed by atoms with Crippen LogP contribution in [0.2, 0.25) is 0 Å². The zero-order chi connectivity index (χ0) is 28.8. The van der Waals surface area contributed by atoms with Crippen LogP contribution in [0.4, 0.5) is 4.39 Å². The summed E-state index contributed by atoms with van der Waals surface area (Å²) in [6.45, 7) is 3.82. The number of hydrogen-bond acceptors (Lipinski definition) is 6. The highest BCUT2D eigenvalue weighted by atomic mass is 19.1. The maximum Gasteiger partial charge on any atom is 0.257 e. The third kappa shape index (κ3) is 4.49. The zero-order valence-electron chi connectivity index (χ0n) is 23.3. The Morgan fingerprint density at radius 3 is 2.58 bits per heavy atom. The van der Waals surface area contributed by atoms with E-state index < -0.39 is 29.2 Å². The number of aryl methyl sites for hydroxylation is 2. The topological polar surface area (TPSA) is 126 Å². The fraction of sp³-hybridized carbons (Fsp3) is 0.433. The molecule has 4 N–H and O–H groups in total. The number of carbonyl (C=O) groups excluding carboxylic acids is 1. The van der Waals surface area contributed by atoms with E-state index in [2.05, 4.69) is 9.98 Å². The number of rotatable bonds is 9. The van der Waals surface area contributed by atoms with Gasteiger partial charge in [-0.1, -0.05) is 36.8 Å². The Morgan fingerprint density at radius 2 is 2.00 bits per heavy atom. The molecule has 0 spiro atoms. The number of hydrogen-bond donors (Lipinski definition) is 3. The third-order valence-electron chi connectivity index (χ3n) is 8.19. The standard InChI is InChI=1S/C30H36FN5O4/c1-5-29(39,25-14-35(4)17-34-25)21-12-23-27(24(31)13-21)30(20-8-6-18(2)7-9-20,40-16-19-10-22(37)11-19)36(28(23)38)15-26(32)33-3/h6-9,12-14,17,19,22,37,39H,5,10-11,15-16H2,1-4H3,(H2,32,33)/t19?,22?,29?,30-/m1/s1. The van der Waals surface area contributed by atoms with E-state index in [-0.39, 0.29) is 48.0 Å². The van der Waals surface area contributed by atoms with Crippen molar-refractivity contribution in [3.8, 4) is 0 Å². The first-order valence-electron chi connectivity index (χ1n) is 13.5. The number of nitrogens with two attached hydrogens (primary N) is 1. The number of nitrogens with zero attached hydrogens (tertiary/aromatic N) is 4. The van der Waals surface area contributed by atoms with Crippen LogP contribution >= 0.6 is 0 Å². The summed E-state index contributed by atoms with van der Waals surface area (Å²) in [5, 5.41) is 21.6. The van der Waals surface area contributed by atoms with Crippen LogP contribution in [0.1, 0.15) is 64.5 Å². The molecule has 9 nitrogen and oxygen atoms in total. The fourth-order valence-corrected chi connectivity index (χ4v) is 5.75. The van der Waals surface area contributed by atoms with E-state index in [0.29, 0.717) is 24.1 Å². The molecular formula is C30H36FN5O4.